The number of halogens is 1. The Bertz CT molecular complexity index is 1000. The zero-order valence-electron chi connectivity index (χ0n) is 20.3. The van der Waals surface area contributed by atoms with Gasteiger partial charge in [0.05, 0.1) is 4.90 Å². The van der Waals surface area contributed by atoms with E-state index in [2.05, 4.69) is 15.9 Å². The Morgan fingerprint density at radius 1 is 0.971 bits per heavy atom. The average Bonchev–Trinajstić information content (AvgIpc) is 2.87. The first-order valence-corrected chi connectivity index (χ1v) is 14.5. The quantitative estimate of drug-likeness (QED) is 0.478. The third-order valence-electron chi connectivity index (χ3n) is 7.51. The zero-order chi connectivity index (χ0) is 24.0. The van der Waals surface area contributed by atoms with Crippen molar-refractivity contribution in [2.24, 2.45) is 0 Å². The Kier molecular flexibility index (Phi) is 9.05. The van der Waals surface area contributed by atoms with Crippen molar-refractivity contribution in [2.75, 3.05) is 46.3 Å². The lowest BCUT2D eigenvalue weighted by atomic mass is 9.94. The fourth-order valence-electron chi connectivity index (χ4n) is 5.43. The fourth-order valence-corrected chi connectivity index (χ4v) is 6.87. The van der Waals surface area contributed by atoms with E-state index >= 15 is 0 Å². The third-order valence-corrected chi connectivity index (χ3v) is 9.58. The Morgan fingerprint density at radius 3 is 2.35 bits per heavy atom. The van der Waals surface area contributed by atoms with Crippen LogP contribution in [0, 0.1) is 0 Å². The molecule has 0 spiro atoms. The minimum atomic E-state index is -3.53. The van der Waals surface area contributed by atoms with Crippen molar-refractivity contribution in [1.29, 1.82) is 0 Å². The number of nitrogens with zero attached hydrogens (tertiary/aromatic N) is 3. The van der Waals surface area contributed by atoms with E-state index in [9.17, 15) is 8.42 Å². The van der Waals surface area contributed by atoms with Gasteiger partial charge in [0.1, 0.15) is 0 Å². The maximum Gasteiger partial charge on any atom is 0.242 e. The fraction of sp³-hybridized carbons (Fsp3) is 0.556. The summed E-state index contributed by atoms with van der Waals surface area (Å²) in [4.78, 5) is 5.60. The number of hydrogen-bond acceptors (Lipinski definition) is 4. The standard InChI is InChI=1S/C27H38ClN3O2S/c1-29(34(32,33)27-11-4-2-5-12-27)22-24(23-9-8-10-25(28)21-23)13-18-30-19-14-26(15-20-30)31-16-6-3-7-17-31/h2,4-5,8-12,21,24,26H,3,6-7,13-20,22H2,1H3/t24-/m1/s1. The first-order valence-electron chi connectivity index (χ1n) is 12.7. The van der Waals surface area contributed by atoms with Crippen LogP contribution in [0.3, 0.4) is 0 Å². The van der Waals surface area contributed by atoms with Gasteiger partial charge in [-0.15, -0.1) is 0 Å². The molecule has 4 rings (SSSR count). The van der Waals surface area contributed by atoms with E-state index in [-0.39, 0.29) is 5.92 Å². The molecular weight excluding hydrogens is 466 g/mol. The molecule has 0 radical (unpaired) electrons. The van der Waals surface area contributed by atoms with Gasteiger partial charge in [0, 0.05) is 24.7 Å². The van der Waals surface area contributed by atoms with E-state index in [0.717, 1.165) is 37.7 Å². The molecule has 2 fully saturated rings. The Morgan fingerprint density at radius 2 is 1.68 bits per heavy atom. The van der Waals surface area contributed by atoms with E-state index < -0.39 is 10.0 Å². The smallest absolute Gasteiger partial charge is 0.242 e. The summed E-state index contributed by atoms with van der Waals surface area (Å²) in [5, 5.41) is 0.693. The first kappa shape index (κ1) is 25.6. The van der Waals surface area contributed by atoms with Crippen LogP contribution in [-0.4, -0.2) is 74.9 Å². The number of piperidine rings is 2. The number of hydrogen-bond donors (Lipinski definition) is 0. The molecule has 34 heavy (non-hydrogen) atoms. The van der Waals surface area contributed by atoms with Gasteiger partial charge in [-0.05, 0) is 101 Å². The molecular formula is C27H38ClN3O2S. The van der Waals surface area contributed by atoms with Gasteiger partial charge in [-0.2, -0.15) is 0 Å². The van der Waals surface area contributed by atoms with Gasteiger partial charge >= 0.3 is 0 Å². The molecule has 2 heterocycles. The third kappa shape index (κ3) is 6.61. The van der Waals surface area contributed by atoms with Crippen LogP contribution in [0.5, 0.6) is 0 Å². The molecule has 0 bridgehead atoms. The van der Waals surface area contributed by atoms with Crippen LogP contribution in [0.4, 0.5) is 0 Å². The predicted molar refractivity (Wildman–Crippen MR) is 140 cm³/mol. The van der Waals surface area contributed by atoms with Crippen molar-refractivity contribution < 1.29 is 8.42 Å². The topological polar surface area (TPSA) is 43.9 Å². The highest BCUT2D eigenvalue weighted by molar-refractivity contribution is 7.89. The lowest BCUT2D eigenvalue weighted by Crippen LogP contribution is -2.47. The molecule has 1 atom stereocenters. The van der Waals surface area contributed by atoms with Crippen LogP contribution < -0.4 is 0 Å². The van der Waals surface area contributed by atoms with E-state index in [1.54, 1.807) is 31.3 Å². The highest BCUT2D eigenvalue weighted by atomic mass is 35.5. The molecule has 7 heteroatoms. The van der Waals surface area contributed by atoms with Gasteiger partial charge in [0.2, 0.25) is 10.0 Å². The van der Waals surface area contributed by atoms with Crippen LogP contribution in [0.15, 0.2) is 59.5 Å². The second-order valence-corrected chi connectivity index (χ2v) is 12.3. The van der Waals surface area contributed by atoms with Gasteiger partial charge in [0.15, 0.2) is 0 Å². The average molecular weight is 504 g/mol. The van der Waals surface area contributed by atoms with E-state index in [0.29, 0.717) is 16.5 Å². The first-order chi connectivity index (χ1) is 16.4. The monoisotopic (exact) mass is 503 g/mol. The maximum absolute atomic E-state index is 13.1. The lowest BCUT2D eigenvalue weighted by Gasteiger charge is -2.40. The number of benzene rings is 2. The highest BCUT2D eigenvalue weighted by Crippen LogP contribution is 2.27. The molecule has 2 aromatic rings. The number of likely N-dealkylation sites (N-methyl/N-ethyl adjacent to an activating group) is 1. The molecule has 2 saturated heterocycles. The normalized spacial score (nSPS) is 20.0. The summed E-state index contributed by atoms with van der Waals surface area (Å²) in [5.41, 5.74) is 1.10. The van der Waals surface area contributed by atoms with Crippen LogP contribution in [0.2, 0.25) is 5.02 Å². The molecule has 2 aliphatic heterocycles. The van der Waals surface area contributed by atoms with Gasteiger partial charge < -0.3 is 9.80 Å². The Labute approximate surface area is 210 Å². The summed E-state index contributed by atoms with van der Waals surface area (Å²) in [6, 6.07) is 17.3. The number of rotatable bonds is 9. The van der Waals surface area contributed by atoms with Crippen molar-refractivity contribution >= 4 is 21.6 Å². The van der Waals surface area contributed by atoms with Gasteiger partial charge in [-0.1, -0.05) is 48.4 Å². The molecule has 0 unspecified atom stereocenters. The van der Waals surface area contributed by atoms with Gasteiger partial charge in [-0.3, -0.25) is 0 Å². The number of sulfonamides is 1. The zero-order valence-corrected chi connectivity index (χ0v) is 21.9. The Balaban J connectivity index is 1.39. The van der Waals surface area contributed by atoms with Crippen molar-refractivity contribution in [1.82, 2.24) is 14.1 Å². The molecule has 5 nitrogen and oxygen atoms in total. The molecule has 2 aliphatic rings. The summed E-state index contributed by atoms with van der Waals surface area (Å²) in [6.07, 6.45) is 7.47. The summed E-state index contributed by atoms with van der Waals surface area (Å²) < 4.78 is 27.8. The summed E-state index contributed by atoms with van der Waals surface area (Å²) in [6.45, 7) is 6.20. The van der Waals surface area contributed by atoms with Crippen molar-refractivity contribution in [2.45, 2.75) is 55.4 Å². The molecule has 0 N–H and O–H groups in total. The van der Waals surface area contributed by atoms with Crippen molar-refractivity contribution in [3.05, 3.63) is 65.2 Å². The maximum atomic E-state index is 13.1. The molecule has 0 saturated carbocycles. The van der Waals surface area contributed by atoms with Crippen LogP contribution in [0.25, 0.3) is 0 Å². The molecule has 0 amide bonds. The minimum absolute atomic E-state index is 0.0852. The molecule has 0 aromatic heterocycles. The predicted octanol–water partition coefficient (Wildman–Crippen LogP) is 5.08. The summed E-state index contributed by atoms with van der Waals surface area (Å²) in [7, 11) is -1.85. The molecule has 186 valence electrons. The van der Waals surface area contributed by atoms with Crippen molar-refractivity contribution in [3.63, 3.8) is 0 Å². The second kappa shape index (κ2) is 12.0. The van der Waals surface area contributed by atoms with Crippen LogP contribution in [0.1, 0.15) is 50.0 Å². The second-order valence-electron chi connectivity index (χ2n) is 9.81. The van der Waals surface area contributed by atoms with E-state index in [1.807, 2.05) is 24.3 Å². The lowest BCUT2D eigenvalue weighted by molar-refractivity contribution is 0.0910. The van der Waals surface area contributed by atoms with Gasteiger partial charge in [-0.25, -0.2) is 12.7 Å². The van der Waals surface area contributed by atoms with E-state index in [4.69, 9.17) is 11.6 Å². The van der Waals surface area contributed by atoms with Gasteiger partial charge in [0.25, 0.3) is 0 Å². The largest absolute Gasteiger partial charge is 0.303 e. The summed E-state index contributed by atoms with van der Waals surface area (Å²) >= 11 is 6.30. The van der Waals surface area contributed by atoms with E-state index in [1.165, 1.54) is 49.5 Å². The van der Waals surface area contributed by atoms with Crippen LogP contribution in [-0.2, 0) is 10.0 Å². The number of likely N-dealkylation sites (tertiary alicyclic amines) is 2. The highest BCUT2D eigenvalue weighted by Gasteiger charge is 2.28. The Hall–Kier alpha value is -1.44. The van der Waals surface area contributed by atoms with Crippen molar-refractivity contribution in [3.8, 4) is 0 Å². The molecule has 0 aliphatic carbocycles. The van der Waals surface area contributed by atoms with Crippen LogP contribution >= 0.6 is 11.6 Å². The molecule has 2 aromatic carbocycles. The minimum Gasteiger partial charge on any atom is -0.303 e. The summed E-state index contributed by atoms with van der Waals surface area (Å²) in [5.74, 6) is 0.0852. The SMILES string of the molecule is CN(C[C@@H](CCN1CCC(N2CCCCC2)CC1)c1cccc(Cl)c1)S(=O)(=O)c1ccccc1.